The molecule has 1 fully saturated rings. The van der Waals surface area contributed by atoms with Crippen LogP contribution in [-0.4, -0.2) is 120 Å². The number of methoxy groups -OCH3 is 2. The van der Waals surface area contributed by atoms with E-state index in [0.29, 0.717) is 40.8 Å². The van der Waals surface area contributed by atoms with Crippen LogP contribution in [0.4, 0.5) is 64.2 Å². The largest absolute Gasteiger partial charge is 0.493 e. The molecule has 0 spiro atoms. The first-order chi connectivity index (χ1) is 22.3. The van der Waals surface area contributed by atoms with Crippen molar-refractivity contribution >= 4 is 17.5 Å². The molecule has 0 amide bonds. The van der Waals surface area contributed by atoms with Crippen LogP contribution in [0.1, 0.15) is 29.5 Å². The second-order valence-corrected chi connectivity index (χ2v) is 8.76. The SMILES string of the molecule is COc1cc2c(cc1OC)Oc1nc(N)c(C#N)c(NCCN3CCCC3)c1C2.FC(F)F.FC(F)F.FC(F)F.O.O.O.O.O.O.O=C(O)C(F)(F)F. The van der Waals surface area contributed by atoms with E-state index in [1.165, 1.54) is 12.8 Å². The van der Waals surface area contributed by atoms with Gasteiger partial charge in [-0.25, -0.2) is 4.79 Å². The highest BCUT2D eigenvalue weighted by atomic mass is 19.4. The fourth-order valence-electron chi connectivity index (χ4n) is 3.95. The van der Waals surface area contributed by atoms with Gasteiger partial charge in [-0.2, -0.15) is 62.9 Å². The molecule has 2 aliphatic rings. The summed E-state index contributed by atoms with van der Waals surface area (Å²) < 4.78 is 136. The number of carboxylic acids is 1. The second kappa shape index (κ2) is 31.7. The molecular formula is C26H41F12N5O11. The van der Waals surface area contributed by atoms with E-state index in [1.807, 2.05) is 6.07 Å². The third-order valence-corrected chi connectivity index (χ3v) is 5.71. The average Bonchev–Trinajstić information content (AvgIpc) is 3.48. The molecule has 0 radical (unpaired) electrons. The highest BCUT2D eigenvalue weighted by Crippen LogP contribution is 2.45. The van der Waals surface area contributed by atoms with Crippen LogP contribution in [0.3, 0.4) is 0 Å². The van der Waals surface area contributed by atoms with Gasteiger partial charge in [-0.05, 0) is 32.0 Å². The molecule has 1 saturated heterocycles. The van der Waals surface area contributed by atoms with Crippen molar-refractivity contribution in [1.82, 2.24) is 9.88 Å². The van der Waals surface area contributed by atoms with E-state index in [9.17, 15) is 57.9 Å². The third-order valence-electron chi connectivity index (χ3n) is 5.71. The maximum atomic E-state index is 10.6. The summed E-state index contributed by atoms with van der Waals surface area (Å²) in [4.78, 5) is 15.6. The van der Waals surface area contributed by atoms with Crippen molar-refractivity contribution in [2.45, 2.75) is 45.5 Å². The van der Waals surface area contributed by atoms with Crippen LogP contribution in [0.25, 0.3) is 0 Å². The number of rotatable bonds is 6. The van der Waals surface area contributed by atoms with E-state index < -0.39 is 32.2 Å². The summed E-state index contributed by atoms with van der Waals surface area (Å²) in [7, 11) is 3.18. The number of nitrogens with two attached hydrogens (primary N) is 1. The molecule has 4 rings (SSSR count). The Hall–Kier alpha value is -4.79. The summed E-state index contributed by atoms with van der Waals surface area (Å²) in [6.07, 6.45) is -2.03. The Morgan fingerprint density at radius 1 is 0.926 bits per heavy atom. The lowest BCUT2D eigenvalue weighted by Gasteiger charge is -2.25. The molecule has 28 heteroatoms. The lowest BCUT2D eigenvalue weighted by atomic mass is 9.98. The smallest absolute Gasteiger partial charge is 0.490 e. The molecule has 16 nitrogen and oxygen atoms in total. The number of alkyl halides is 12. The lowest BCUT2D eigenvalue weighted by Crippen LogP contribution is -2.26. The van der Waals surface area contributed by atoms with E-state index >= 15 is 0 Å². The van der Waals surface area contributed by atoms with Gasteiger partial charge in [0.1, 0.15) is 23.2 Å². The molecular weight excluding hydrogens is 786 g/mol. The Morgan fingerprint density at radius 2 is 1.33 bits per heavy atom. The average molecular weight is 828 g/mol. The first-order valence-electron chi connectivity index (χ1n) is 13.0. The van der Waals surface area contributed by atoms with E-state index in [2.05, 4.69) is 21.3 Å². The van der Waals surface area contributed by atoms with Gasteiger partial charge < -0.3 is 68.1 Å². The second-order valence-electron chi connectivity index (χ2n) is 8.76. The normalized spacial score (nSPS) is 11.6. The third kappa shape index (κ3) is 24.5. The summed E-state index contributed by atoms with van der Waals surface area (Å²) in [6, 6.07) is 5.88. The number of ether oxygens (including phenoxy) is 3. The highest BCUT2D eigenvalue weighted by molar-refractivity contribution is 5.75. The van der Waals surface area contributed by atoms with Crippen molar-refractivity contribution in [1.29, 1.82) is 5.26 Å². The Morgan fingerprint density at radius 3 is 1.70 bits per heavy atom. The fraction of sp³-hybridized carbons (Fsp3) is 0.500. The number of nitriles is 1. The van der Waals surface area contributed by atoms with Crippen molar-refractivity contribution in [3.63, 3.8) is 0 Å². The summed E-state index contributed by atoms with van der Waals surface area (Å²) in [6.45, 7) is -7.10. The van der Waals surface area contributed by atoms with Crippen LogP contribution in [0.15, 0.2) is 12.1 Å². The summed E-state index contributed by atoms with van der Waals surface area (Å²) >= 11 is 0. The molecule has 0 unspecified atom stereocenters. The van der Waals surface area contributed by atoms with Gasteiger partial charge in [0.05, 0.1) is 19.9 Å². The monoisotopic (exact) mass is 827 g/mol. The predicted molar refractivity (Wildman–Crippen MR) is 167 cm³/mol. The maximum Gasteiger partial charge on any atom is 0.490 e. The molecule has 0 aliphatic carbocycles. The van der Waals surface area contributed by atoms with Gasteiger partial charge in [-0.3, -0.25) is 0 Å². The number of aliphatic carboxylic acids is 1. The number of carbonyl (C=O) groups is 1. The molecule has 2 aromatic rings. The Bertz CT molecular complexity index is 1320. The number of nitrogens with one attached hydrogen (secondary N) is 1. The van der Waals surface area contributed by atoms with Crippen LogP contribution < -0.4 is 25.3 Å². The molecule has 0 bridgehead atoms. The molecule has 320 valence electrons. The number of benzene rings is 1. The van der Waals surface area contributed by atoms with Crippen LogP contribution in [0, 0.1) is 11.3 Å². The number of nitrogen functional groups attached to an aromatic ring is 1. The highest BCUT2D eigenvalue weighted by Gasteiger charge is 2.38. The zero-order chi connectivity index (χ0) is 37.2. The van der Waals surface area contributed by atoms with Crippen molar-refractivity contribution in [2.24, 2.45) is 0 Å². The topological polar surface area (TPSA) is 332 Å². The Kier molecular flexibility index (Phi) is 37.7. The van der Waals surface area contributed by atoms with E-state index in [1.54, 1.807) is 20.3 Å². The van der Waals surface area contributed by atoms with Crippen LogP contribution in [-0.2, 0) is 11.2 Å². The van der Waals surface area contributed by atoms with Gasteiger partial charge in [0.25, 0.3) is 0 Å². The number of hydrogen-bond donors (Lipinski definition) is 3. The quantitative estimate of drug-likeness (QED) is 0.303. The van der Waals surface area contributed by atoms with Gasteiger partial charge in [-0.15, -0.1) is 0 Å². The number of anilines is 2. The zero-order valence-corrected chi connectivity index (χ0v) is 27.9. The first kappa shape index (κ1) is 64.2. The van der Waals surface area contributed by atoms with Crippen molar-refractivity contribution in [2.75, 3.05) is 51.4 Å². The number of fused-ring (bicyclic) bond motifs is 2. The van der Waals surface area contributed by atoms with Crippen LogP contribution >= 0.6 is 0 Å². The number of nitrogens with zero attached hydrogens (tertiary/aromatic N) is 3. The number of likely N-dealkylation sites (tertiary alicyclic amines) is 1. The molecule has 1 aromatic carbocycles. The molecule has 0 atom stereocenters. The summed E-state index contributed by atoms with van der Waals surface area (Å²) in [5, 5.41) is 20.2. The fourth-order valence-corrected chi connectivity index (χ4v) is 3.95. The van der Waals surface area contributed by atoms with Gasteiger partial charge in [0.15, 0.2) is 11.5 Å². The minimum absolute atomic E-state index is 0. The predicted octanol–water partition coefficient (Wildman–Crippen LogP) is 1.98. The Balaban J connectivity index is -0.000000149. The van der Waals surface area contributed by atoms with Crippen molar-refractivity contribution in [3.05, 3.63) is 28.8 Å². The van der Waals surface area contributed by atoms with Gasteiger partial charge in [0, 0.05) is 36.7 Å². The molecule has 0 saturated carbocycles. The number of hydrogen-bond acceptors (Lipinski definition) is 9. The molecule has 3 heterocycles. The van der Waals surface area contributed by atoms with Crippen LogP contribution in [0.2, 0.25) is 0 Å². The van der Waals surface area contributed by atoms with Gasteiger partial charge in [0.2, 0.25) is 5.88 Å². The molecule has 2 aliphatic heterocycles. The van der Waals surface area contributed by atoms with E-state index in [-0.39, 0.29) is 38.7 Å². The van der Waals surface area contributed by atoms with E-state index in [4.69, 9.17) is 29.8 Å². The number of carboxylic acid groups (broad SMARTS) is 1. The van der Waals surface area contributed by atoms with Crippen molar-refractivity contribution < 1.29 is 110 Å². The number of aromatic nitrogens is 1. The minimum Gasteiger partial charge on any atom is -0.493 e. The molecule has 16 N–H and O–H groups in total. The Labute approximate surface area is 297 Å². The van der Waals surface area contributed by atoms with Gasteiger partial charge >= 0.3 is 32.2 Å². The first-order valence-corrected chi connectivity index (χ1v) is 13.0. The van der Waals surface area contributed by atoms with Crippen LogP contribution in [0.5, 0.6) is 23.1 Å². The van der Waals surface area contributed by atoms with Crippen molar-refractivity contribution in [3.8, 4) is 29.2 Å². The van der Waals surface area contributed by atoms with Gasteiger partial charge in [-0.1, -0.05) is 0 Å². The standard InChI is InChI=1S/C21H25N5O3.C2HF3O2.3CHF3.6H2O/c1-27-17-10-13-9-14-19(24-5-8-26-6-3-4-7-26)15(12-22)20(23)25-21(14)29-16(13)11-18(17)28-2;3-2(4,5)1(6)7;3*2-1(3)4;;;;;;/h10-11H,3-9H2,1-2H3,(H3,23,24,25);(H,6,7);3*1H;6*1H2. The number of halogens is 12. The summed E-state index contributed by atoms with van der Waals surface area (Å²) in [5.41, 5.74) is 8.89. The number of pyridine rings is 1. The minimum atomic E-state index is -5.08. The molecule has 1 aromatic heterocycles. The summed E-state index contributed by atoms with van der Waals surface area (Å²) in [5.74, 6) is -0.308. The molecule has 54 heavy (non-hydrogen) atoms. The maximum absolute atomic E-state index is 10.6. The lowest BCUT2D eigenvalue weighted by molar-refractivity contribution is -0.192. The zero-order valence-electron chi connectivity index (χ0n) is 27.9. The van der Waals surface area contributed by atoms with E-state index in [0.717, 1.165) is 37.3 Å².